The molecule has 0 aliphatic carbocycles. The van der Waals surface area contributed by atoms with Crippen LogP contribution in [0.15, 0.2) is 48.8 Å². The molecule has 3 aliphatic rings. The number of aliphatic hydroxyl groups excluding tert-OH is 1. The molecule has 206 valence electrons. The minimum absolute atomic E-state index is 0.148. The summed E-state index contributed by atoms with van der Waals surface area (Å²) in [5, 5.41) is 16.2. The Bertz CT molecular complexity index is 1600. The predicted molar refractivity (Wildman–Crippen MR) is 148 cm³/mol. The molecule has 1 aromatic carbocycles. The van der Waals surface area contributed by atoms with Crippen molar-refractivity contribution in [2.24, 2.45) is 0 Å². The van der Waals surface area contributed by atoms with Gasteiger partial charge in [0.2, 0.25) is 0 Å². The van der Waals surface area contributed by atoms with Gasteiger partial charge in [-0.25, -0.2) is 14.4 Å². The van der Waals surface area contributed by atoms with E-state index in [-0.39, 0.29) is 24.4 Å². The zero-order valence-electron chi connectivity index (χ0n) is 22.1. The fourth-order valence-corrected chi connectivity index (χ4v) is 6.35. The van der Waals surface area contributed by atoms with Gasteiger partial charge in [0.05, 0.1) is 42.0 Å². The van der Waals surface area contributed by atoms with Gasteiger partial charge in [-0.05, 0) is 55.1 Å². The Balaban J connectivity index is 1.24. The summed E-state index contributed by atoms with van der Waals surface area (Å²) in [5.41, 5.74) is 6.46. The Labute approximate surface area is 231 Å². The summed E-state index contributed by atoms with van der Waals surface area (Å²) in [4.78, 5) is 24.7. The fourth-order valence-electron chi connectivity index (χ4n) is 6.35. The molecule has 0 radical (unpaired) electrons. The number of amides is 1. The lowest BCUT2D eigenvalue weighted by molar-refractivity contribution is 0.0966. The number of fused-ring (bicyclic) bond motifs is 2. The van der Waals surface area contributed by atoms with Gasteiger partial charge in [0.15, 0.2) is 0 Å². The first kappa shape index (κ1) is 25.1. The number of ether oxygens (including phenoxy) is 1. The highest BCUT2D eigenvalue weighted by molar-refractivity contribution is 6.06. The van der Waals surface area contributed by atoms with Crippen LogP contribution in [0.3, 0.4) is 0 Å². The van der Waals surface area contributed by atoms with Crippen molar-refractivity contribution >= 4 is 23.1 Å². The van der Waals surface area contributed by atoms with Crippen molar-refractivity contribution in [3.8, 4) is 11.3 Å². The summed E-state index contributed by atoms with van der Waals surface area (Å²) in [6.07, 6.45) is 6.39. The van der Waals surface area contributed by atoms with E-state index in [0.717, 1.165) is 54.9 Å². The van der Waals surface area contributed by atoms with Gasteiger partial charge in [-0.15, -0.1) is 0 Å². The monoisotopic (exact) mass is 542 g/mol. The third-order valence-electron chi connectivity index (χ3n) is 8.42. The van der Waals surface area contributed by atoms with Gasteiger partial charge in [0.1, 0.15) is 17.3 Å². The predicted octanol–water partition coefficient (Wildman–Crippen LogP) is 3.98. The molecular weight excluding hydrogens is 511 g/mol. The highest BCUT2D eigenvalue weighted by Gasteiger charge is 2.29. The second-order valence-corrected chi connectivity index (χ2v) is 10.8. The lowest BCUT2D eigenvalue weighted by atomic mass is 9.96. The van der Waals surface area contributed by atoms with E-state index in [0.29, 0.717) is 48.3 Å². The van der Waals surface area contributed by atoms with Crippen LogP contribution < -0.4 is 10.6 Å². The van der Waals surface area contributed by atoms with Crippen molar-refractivity contribution in [2.75, 3.05) is 31.7 Å². The van der Waals surface area contributed by atoms with Gasteiger partial charge in [0.25, 0.3) is 5.91 Å². The molecule has 2 atom stereocenters. The minimum atomic E-state index is -0.346. The lowest BCUT2D eigenvalue weighted by Gasteiger charge is -2.25. The molecule has 10 heteroatoms. The molecule has 3 N–H and O–H groups in total. The normalized spacial score (nSPS) is 20.8. The number of carbonyl (C=O) groups excluding carboxylic acids is 1. The van der Waals surface area contributed by atoms with Crippen LogP contribution in [0.4, 0.5) is 15.9 Å². The van der Waals surface area contributed by atoms with E-state index in [4.69, 9.17) is 9.72 Å². The van der Waals surface area contributed by atoms with Crippen molar-refractivity contribution in [1.82, 2.24) is 24.6 Å². The van der Waals surface area contributed by atoms with Gasteiger partial charge in [-0.2, -0.15) is 0 Å². The lowest BCUT2D eigenvalue weighted by Crippen LogP contribution is -2.32. The maximum atomic E-state index is 13.7. The highest BCUT2D eigenvalue weighted by atomic mass is 19.1. The van der Waals surface area contributed by atoms with Crippen molar-refractivity contribution < 1.29 is 19.0 Å². The Morgan fingerprint density at radius 3 is 2.98 bits per heavy atom. The third-order valence-corrected chi connectivity index (χ3v) is 8.42. The van der Waals surface area contributed by atoms with E-state index in [1.807, 2.05) is 22.6 Å². The quantitative estimate of drug-likeness (QED) is 0.325. The van der Waals surface area contributed by atoms with E-state index in [9.17, 15) is 14.3 Å². The standard InChI is InChI=1S/C30H31FN6O3/c31-19-7-10-37-26(14-32-28(37)12-19)22-3-5-24(29-23(22)13-33-30(29)39)34-27-6-4-21(18-8-11-40-17-18)25(35-27)15-36-9-1-2-20(36)16-38/h3-7,10,12,14,18,20,38H,1-2,8-9,11,13,15-17H2,(H,33,39)(H,34,35)/t18-,20+/m1/s1. The summed E-state index contributed by atoms with van der Waals surface area (Å²) in [6.45, 7) is 3.59. The SMILES string of the molecule is O=C1NCc2c(-c3cnc4cc(F)ccn34)ccc(Nc3ccc([C@@H]4CCOC4)c(CN4CCC[C@H]4CO)n3)c21. The maximum Gasteiger partial charge on any atom is 0.254 e. The number of aromatic nitrogens is 3. The summed E-state index contributed by atoms with van der Waals surface area (Å²) in [6, 6.07) is 10.9. The Hall–Kier alpha value is -3.86. The van der Waals surface area contributed by atoms with Crippen molar-refractivity contribution in [2.45, 2.75) is 44.3 Å². The van der Waals surface area contributed by atoms with Crippen molar-refractivity contribution in [1.29, 1.82) is 0 Å². The average Bonchev–Trinajstić information content (AvgIpc) is 3.77. The first-order chi connectivity index (χ1) is 19.6. The van der Waals surface area contributed by atoms with Gasteiger partial charge in [0, 0.05) is 49.5 Å². The van der Waals surface area contributed by atoms with Crippen LogP contribution >= 0.6 is 0 Å². The molecule has 1 amide bonds. The second kappa shape index (κ2) is 10.3. The van der Waals surface area contributed by atoms with Crippen molar-refractivity contribution in [3.05, 3.63) is 77.0 Å². The number of hydrogen-bond donors (Lipinski definition) is 3. The molecule has 0 unspecified atom stereocenters. The van der Waals surface area contributed by atoms with Gasteiger partial charge >= 0.3 is 0 Å². The van der Waals surface area contributed by atoms with Gasteiger partial charge < -0.3 is 20.5 Å². The third kappa shape index (κ3) is 4.42. The van der Waals surface area contributed by atoms with E-state index in [1.165, 1.54) is 17.7 Å². The topological polar surface area (TPSA) is 104 Å². The summed E-state index contributed by atoms with van der Waals surface area (Å²) in [5.74, 6) is 0.473. The van der Waals surface area contributed by atoms with Crippen LogP contribution in [0.5, 0.6) is 0 Å². The second-order valence-electron chi connectivity index (χ2n) is 10.8. The Morgan fingerprint density at radius 1 is 1.20 bits per heavy atom. The summed E-state index contributed by atoms with van der Waals surface area (Å²) in [7, 11) is 0. The fraction of sp³-hybridized carbons (Fsp3) is 0.367. The number of hydrogen-bond acceptors (Lipinski definition) is 7. The van der Waals surface area contributed by atoms with Gasteiger partial charge in [-0.3, -0.25) is 14.1 Å². The number of halogens is 1. The molecule has 3 aromatic heterocycles. The Morgan fingerprint density at radius 2 is 2.12 bits per heavy atom. The summed E-state index contributed by atoms with van der Waals surface area (Å²) < 4.78 is 21.2. The van der Waals surface area contributed by atoms with E-state index >= 15 is 0 Å². The molecule has 9 nitrogen and oxygen atoms in total. The highest BCUT2D eigenvalue weighted by Crippen LogP contribution is 2.36. The van der Waals surface area contributed by atoms with Crippen LogP contribution in [-0.2, 0) is 17.8 Å². The van der Waals surface area contributed by atoms with Crippen LogP contribution in [0.2, 0.25) is 0 Å². The molecule has 7 rings (SSSR count). The van der Waals surface area contributed by atoms with E-state index in [2.05, 4.69) is 26.6 Å². The molecule has 6 heterocycles. The van der Waals surface area contributed by atoms with E-state index in [1.54, 1.807) is 12.4 Å². The number of aliphatic hydroxyl groups is 1. The zero-order valence-corrected chi connectivity index (χ0v) is 22.1. The average molecular weight is 543 g/mol. The Kier molecular flexibility index (Phi) is 6.45. The number of nitrogens with zero attached hydrogens (tertiary/aromatic N) is 4. The number of anilines is 2. The number of likely N-dealkylation sites (tertiary alicyclic amines) is 1. The molecule has 2 saturated heterocycles. The molecule has 3 aliphatic heterocycles. The van der Waals surface area contributed by atoms with Gasteiger partial charge in [-0.1, -0.05) is 12.1 Å². The van der Waals surface area contributed by atoms with Crippen LogP contribution in [0.25, 0.3) is 16.9 Å². The largest absolute Gasteiger partial charge is 0.395 e. The smallest absolute Gasteiger partial charge is 0.254 e. The molecule has 0 spiro atoms. The molecular formula is C30H31FN6O3. The number of nitrogens with one attached hydrogen (secondary N) is 2. The number of imidazole rings is 1. The number of pyridine rings is 2. The number of carbonyl (C=O) groups is 1. The molecule has 2 fully saturated rings. The molecule has 40 heavy (non-hydrogen) atoms. The molecule has 0 bridgehead atoms. The summed E-state index contributed by atoms with van der Waals surface area (Å²) >= 11 is 0. The maximum absolute atomic E-state index is 13.7. The van der Waals surface area contributed by atoms with Crippen molar-refractivity contribution in [3.63, 3.8) is 0 Å². The number of benzene rings is 1. The van der Waals surface area contributed by atoms with Crippen LogP contribution in [0.1, 0.15) is 52.4 Å². The zero-order chi connectivity index (χ0) is 27.2. The van der Waals surface area contributed by atoms with Crippen LogP contribution in [0, 0.1) is 5.82 Å². The first-order valence-corrected chi connectivity index (χ1v) is 13.9. The first-order valence-electron chi connectivity index (χ1n) is 13.9. The molecule has 4 aromatic rings. The minimum Gasteiger partial charge on any atom is -0.395 e. The van der Waals surface area contributed by atoms with E-state index < -0.39 is 0 Å². The number of rotatable bonds is 7. The molecule has 0 saturated carbocycles. The van der Waals surface area contributed by atoms with Crippen LogP contribution in [-0.4, -0.2) is 62.7 Å².